The molecule has 0 N–H and O–H groups in total. The minimum Gasteiger partial charge on any atom is -0.195 e. The minimum absolute atomic E-state index is 0.000714. The molecule has 0 radical (unpaired) electrons. The summed E-state index contributed by atoms with van der Waals surface area (Å²) in [5, 5.41) is 0.720. The van der Waals surface area contributed by atoms with Crippen LogP contribution in [0.1, 0.15) is 39.5 Å². The largest absolute Gasteiger partial charge is 0.282 e. The first-order valence-electron chi connectivity index (χ1n) is 6.22. The van der Waals surface area contributed by atoms with Gasteiger partial charge in [-0.05, 0) is 26.7 Å². The first-order chi connectivity index (χ1) is 7.91. The first kappa shape index (κ1) is 15.4. The molecule has 0 aromatic rings. The Hall–Kier alpha value is 0.350. The summed E-state index contributed by atoms with van der Waals surface area (Å²) in [7, 11) is -1.65. The molecule has 1 unspecified atom stereocenters. The van der Waals surface area contributed by atoms with Crippen LogP contribution in [0.25, 0.3) is 0 Å². The molecule has 0 aromatic carbocycles. The number of hydrogen-bond acceptors (Lipinski definition) is 2. The SMILES string of the molecule is CC(C)N(C)S(=O)(=O)N1CCCCCC1CBr. The summed E-state index contributed by atoms with van der Waals surface area (Å²) in [5.74, 6) is 0. The molecule has 1 fully saturated rings. The van der Waals surface area contributed by atoms with Gasteiger partial charge in [0.1, 0.15) is 0 Å². The van der Waals surface area contributed by atoms with Crippen LogP contribution in [0.4, 0.5) is 0 Å². The lowest BCUT2D eigenvalue weighted by Crippen LogP contribution is -2.49. The average Bonchev–Trinajstić information content (AvgIpc) is 2.52. The molecule has 0 saturated carbocycles. The van der Waals surface area contributed by atoms with Crippen molar-refractivity contribution in [2.75, 3.05) is 18.9 Å². The highest BCUT2D eigenvalue weighted by molar-refractivity contribution is 9.09. The monoisotopic (exact) mass is 326 g/mol. The second-order valence-electron chi connectivity index (χ2n) is 4.89. The topological polar surface area (TPSA) is 40.6 Å². The van der Waals surface area contributed by atoms with Gasteiger partial charge in [0.15, 0.2) is 0 Å². The van der Waals surface area contributed by atoms with Crippen molar-refractivity contribution in [2.45, 2.75) is 51.6 Å². The van der Waals surface area contributed by atoms with Crippen LogP contribution in [-0.4, -0.2) is 48.0 Å². The molecule has 17 heavy (non-hydrogen) atoms. The first-order valence-corrected chi connectivity index (χ1v) is 8.74. The highest BCUT2D eigenvalue weighted by atomic mass is 79.9. The van der Waals surface area contributed by atoms with Gasteiger partial charge in [-0.2, -0.15) is 17.0 Å². The van der Waals surface area contributed by atoms with Gasteiger partial charge in [-0.3, -0.25) is 0 Å². The fourth-order valence-electron chi connectivity index (χ4n) is 2.04. The second kappa shape index (κ2) is 6.50. The minimum atomic E-state index is -3.31. The number of rotatable bonds is 4. The lowest BCUT2D eigenvalue weighted by molar-refractivity contribution is 0.299. The van der Waals surface area contributed by atoms with Crippen molar-refractivity contribution in [3.8, 4) is 0 Å². The van der Waals surface area contributed by atoms with Crippen LogP contribution in [0.15, 0.2) is 0 Å². The van der Waals surface area contributed by atoms with Crippen molar-refractivity contribution in [3.05, 3.63) is 0 Å². The molecule has 0 bridgehead atoms. The van der Waals surface area contributed by atoms with E-state index < -0.39 is 10.2 Å². The van der Waals surface area contributed by atoms with Crippen molar-refractivity contribution < 1.29 is 8.42 Å². The van der Waals surface area contributed by atoms with Crippen molar-refractivity contribution in [1.82, 2.24) is 8.61 Å². The predicted molar refractivity (Wildman–Crippen MR) is 74.6 cm³/mol. The standard InChI is InChI=1S/C11H23BrN2O2S/c1-10(2)13(3)17(15,16)14-8-6-4-5-7-11(14)9-12/h10-11H,4-9H2,1-3H3. The van der Waals surface area contributed by atoms with E-state index in [9.17, 15) is 8.42 Å². The van der Waals surface area contributed by atoms with Gasteiger partial charge in [-0.25, -0.2) is 0 Å². The van der Waals surface area contributed by atoms with E-state index in [0.29, 0.717) is 6.54 Å². The molecule has 0 aromatic heterocycles. The second-order valence-corrected chi connectivity index (χ2v) is 7.47. The van der Waals surface area contributed by atoms with Gasteiger partial charge in [0.05, 0.1) is 0 Å². The third kappa shape index (κ3) is 3.66. The molecular formula is C11H23BrN2O2S. The van der Waals surface area contributed by atoms with Crippen LogP contribution in [-0.2, 0) is 10.2 Å². The fraction of sp³-hybridized carbons (Fsp3) is 1.00. The lowest BCUT2D eigenvalue weighted by atomic mass is 10.1. The molecule has 102 valence electrons. The molecule has 4 nitrogen and oxygen atoms in total. The van der Waals surface area contributed by atoms with E-state index in [2.05, 4.69) is 15.9 Å². The molecule has 0 aliphatic carbocycles. The Morgan fingerprint density at radius 2 is 2.00 bits per heavy atom. The van der Waals surface area contributed by atoms with Crippen molar-refractivity contribution in [1.29, 1.82) is 0 Å². The summed E-state index contributed by atoms with van der Waals surface area (Å²) in [6.07, 6.45) is 4.17. The lowest BCUT2D eigenvalue weighted by Gasteiger charge is -2.33. The summed E-state index contributed by atoms with van der Waals surface area (Å²) >= 11 is 3.44. The maximum Gasteiger partial charge on any atom is 0.282 e. The van der Waals surface area contributed by atoms with Crippen LogP contribution in [0.5, 0.6) is 0 Å². The van der Waals surface area contributed by atoms with Gasteiger partial charge in [0, 0.05) is 31.0 Å². The van der Waals surface area contributed by atoms with Gasteiger partial charge in [0.2, 0.25) is 0 Å². The third-order valence-electron chi connectivity index (χ3n) is 3.39. The average molecular weight is 327 g/mol. The Morgan fingerprint density at radius 1 is 1.35 bits per heavy atom. The molecule has 1 saturated heterocycles. The Bertz CT molecular complexity index is 332. The van der Waals surface area contributed by atoms with Crippen LogP contribution in [0, 0.1) is 0 Å². The maximum atomic E-state index is 12.5. The van der Waals surface area contributed by atoms with Crippen molar-refractivity contribution in [3.63, 3.8) is 0 Å². The molecule has 1 atom stereocenters. The third-order valence-corrected chi connectivity index (χ3v) is 6.36. The van der Waals surface area contributed by atoms with E-state index in [1.165, 1.54) is 4.31 Å². The Balaban J connectivity index is 2.93. The quantitative estimate of drug-likeness (QED) is 0.743. The van der Waals surface area contributed by atoms with E-state index in [1.54, 1.807) is 11.4 Å². The van der Waals surface area contributed by atoms with E-state index in [4.69, 9.17) is 0 Å². The Kier molecular flexibility index (Phi) is 5.89. The highest BCUT2D eigenvalue weighted by Gasteiger charge is 2.34. The summed E-state index contributed by atoms with van der Waals surface area (Å²) in [5.41, 5.74) is 0. The van der Waals surface area contributed by atoms with E-state index in [0.717, 1.165) is 31.0 Å². The fourth-order valence-corrected chi connectivity index (χ4v) is 4.69. The number of nitrogens with zero attached hydrogens (tertiary/aromatic N) is 2. The molecule has 1 aliphatic heterocycles. The zero-order chi connectivity index (χ0) is 13.1. The maximum absolute atomic E-state index is 12.5. The van der Waals surface area contributed by atoms with Gasteiger partial charge in [-0.1, -0.05) is 28.8 Å². The Morgan fingerprint density at radius 3 is 2.53 bits per heavy atom. The predicted octanol–water partition coefficient (Wildman–Crippen LogP) is 2.21. The zero-order valence-electron chi connectivity index (χ0n) is 10.9. The Labute approximate surface area is 114 Å². The molecule has 1 heterocycles. The summed E-state index contributed by atoms with van der Waals surface area (Å²) < 4.78 is 28.1. The number of hydrogen-bond donors (Lipinski definition) is 0. The summed E-state index contributed by atoms with van der Waals surface area (Å²) in [6, 6.07) is 0.0999. The van der Waals surface area contributed by atoms with Crippen LogP contribution in [0.3, 0.4) is 0 Å². The smallest absolute Gasteiger partial charge is 0.195 e. The van der Waals surface area contributed by atoms with Crippen molar-refractivity contribution in [2.24, 2.45) is 0 Å². The van der Waals surface area contributed by atoms with Gasteiger partial charge < -0.3 is 0 Å². The summed E-state index contributed by atoms with van der Waals surface area (Å²) in [4.78, 5) is 0. The molecule has 6 heteroatoms. The van der Waals surface area contributed by atoms with E-state index in [1.807, 2.05) is 13.8 Å². The number of halogens is 1. The zero-order valence-corrected chi connectivity index (χ0v) is 13.3. The van der Waals surface area contributed by atoms with Gasteiger partial charge >= 0.3 is 0 Å². The summed E-state index contributed by atoms with van der Waals surface area (Å²) in [6.45, 7) is 4.45. The van der Waals surface area contributed by atoms with Crippen LogP contribution in [0.2, 0.25) is 0 Å². The molecule has 1 aliphatic rings. The van der Waals surface area contributed by atoms with Crippen LogP contribution < -0.4 is 0 Å². The van der Waals surface area contributed by atoms with E-state index >= 15 is 0 Å². The van der Waals surface area contributed by atoms with Gasteiger partial charge in [0.25, 0.3) is 10.2 Å². The van der Waals surface area contributed by atoms with Gasteiger partial charge in [-0.15, -0.1) is 0 Å². The van der Waals surface area contributed by atoms with E-state index in [-0.39, 0.29) is 12.1 Å². The molecule has 0 spiro atoms. The number of alkyl halides is 1. The molecule has 1 rings (SSSR count). The highest BCUT2D eigenvalue weighted by Crippen LogP contribution is 2.23. The normalized spacial score (nSPS) is 24.2. The van der Waals surface area contributed by atoms with Crippen LogP contribution >= 0.6 is 15.9 Å². The molecule has 0 amide bonds. The molecular weight excluding hydrogens is 304 g/mol. The van der Waals surface area contributed by atoms with Crippen molar-refractivity contribution >= 4 is 26.1 Å².